The molecule has 0 saturated heterocycles. The van der Waals surface area contributed by atoms with Crippen molar-refractivity contribution >= 4 is 11.7 Å². The maximum absolute atomic E-state index is 11.4. The summed E-state index contributed by atoms with van der Waals surface area (Å²) in [6.45, 7) is 1.78. The number of hydrogen-bond acceptors (Lipinski definition) is 4. The summed E-state index contributed by atoms with van der Waals surface area (Å²) in [7, 11) is 1.33. The molecule has 4 heteroatoms. The van der Waals surface area contributed by atoms with Crippen molar-refractivity contribution < 1.29 is 9.53 Å². The van der Waals surface area contributed by atoms with Crippen LogP contribution in [-0.2, 0) is 4.74 Å². The molecule has 76 valence electrons. The van der Waals surface area contributed by atoms with Gasteiger partial charge in [0.15, 0.2) is 0 Å². The maximum atomic E-state index is 11.4. The Hall–Kier alpha value is -1.55. The van der Waals surface area contributed by atoms with Crippen LogP contribution in [0.1, 0.15) is 28.9 Å². The van der Waals surface area contributed by atoms with Crippen molar-refractivity contribution in [3.8, 4) is 0 Å². The lowest BCUT2D eigenvalue weighted by molar-refractivity contribution is 0.0599. The summed E-state index contributed by atoms with van der Waals surface area (Å²) in [6.07, 6.45) is 0. The van der Waals surface area contributed by atoms with Crippen molar-refractivity contribution in [2.24, 2.45) is 5.73 Å². The molecule has 4 N–H and O–H groups in total. The number of nitrogen functional groups attached to an aromatic ring is 1. The van der Waals surface area contributed by atoms with Gasteiger partial charge < -0.3 is 16.2 Å². The van der Waals surface area contributed by atoms with E-state index in [4.69, 9.17) is 11.5 Å². The van der Waals surface area contributed by atoms with Crippen LogP contribution in [0.2, 0.25) is 0 Å². The van der Waals surface area contributed by atoms with Gasteiger partial charge in [0, 0.05) is 17.3 Å². The minimum Gasteiger partial charge on any atom is -0.465 e. The van der Waals surface area contributed by atoms with Crippen LogP contribution in [0.25, 0.3) is 0 Å². The number of rotatable bonds is 2. The van der Waals surface area contributed by atoms with Gasteiger partial charge in [-0.05, 0) is 19.1 Å². The minimum absolute atomic E-state index is 0.287. The van der Waals surface area contributed by atoms with Crippen LogP contribution >= 0.6 is 0 Å². The van der Waals surface area contributed by atoms with Gasteiger partial charge in [-0.15, -0.1) is 0 Å². The van der Waals surface area contributed by atoms with Gasteiger partial charge in [-0.25, -0.2) is 4.79 Å². The van der Waals surface area contributed by atoms with E-state index in [2.05, 4.69) is 4.74 Å². The molecule has 1 aromatic carbocycles. The zero-order valence-corrected chi connectivity index (χ0v) is 8.28. The largest absolute Gasteiger partial charge is 0.465 e. The van der Waals surface area contributed by atoms with Gasteiger partial charge in [0.25, 0.3) is 0 Å². The van der Waals surface area contributed by atoms with Gasteiger partial charge in [-0.1, -0.05) is 6.07 Å². The van der Waals surface area contributed by atoms with Crippen molar-refractivity contribution in [3.63, 3.8) is 0 Å². The van der Waals surface area contributed by atoms with Crippen molar-refractivity contribution in [1.29, 1.82) is 0 Å². The fourth-order valence-electron chi connectivity index (χ4n) is 1.38. The fraction of sp³-hybridized carbons (Fsp3) is 0.300. The topological polar surface area (TPSA) is 78.3 Å². The SMILES string of the molecule is COC(=O)c1cccc(N)c1C(C)N. The highest BCUT2D eigenvalue weighted by atomic mass is 16.5. The van der Waals surface area contributed by atoms with E-state index in [1.54, 1.807) is 25.1 Å². The molecule has 0 radical (unpaired) electrons. The summed E-state index contributed by atoms with van der Waals surface area (Å²) in [4.78, 5) is 11.4. The zero-order chi connectivity index (χ0) is 10.7. The molecule has 14 heavy (non-hydrogen) atoms. The Kier molecular flexibility index (Phi) is 3.09. The number of ether oxygens (including phenoxy) is 1. The number of nitrogens with two attached hydrogens (primary N) is 2. The number of carbonyl (C=O) groups excluding carboxylic acids is 1. The highest BCUT2D eigenvalue weighted by Crippen LogP contribution is 2.23. The van der Waals surface area contributed by atoms with Gasteiger partial charge in [-0.2, -0.15) is 0 Å². The van der Waals surface area contributed by atoms with E-state index in [9.17, 15) is 4.79 Å². The minimum atomic E-state index is -0.412. The third-order valence-electron chi connectivity index (χ3n) is 2.00. The quantitative estimate of drug-likeness (QED) is 0.545. The van der Waals surface area contributed by atoms with Crippen LogP contribution in [0, 0.1) is 0 Å². The predicted molar refractivity (Wildman–Crippen MR) is 54.8 cm³/mol. The summed E-state index contributed by atoms with van der Waals surface area (Å²) in [5.74, 6) is -0.412. The average molecular weight is 194 g/mol. The molecule has 0 amide bonds. The lowest BCUT2D eigenvalue weighted by atomic mass is 10.00. The van der Waals surface area contributed by atoms with Crippen LogP contribution in [0.3, 0.4) is 0 Å². The zero-order valence-electron chi connectivity index (χ0n) is 8.28. The Morgan fingerprint density at radius 3 is 2.64 bits per heavy atom. The standard InChI is InChI=1S/C10H14N2O2/c1-6(11)9-7(10(13)14-2)4-3-5-8(9)12/h3-6H,11-12H2,1-2H3. The van der Waals surface area contributed by atoms with Crippen LogP contribution in [0.4, 0.5) is 5.69 Å². The molecule has 0 saturated carbocycles. The molecule has 0 heterocycles. The Bertz CT molecular complexity index is 348. The van der Waals surface area contributed by atoms with E-state index in [0.29, 0.717) is 16.8 Å². The molecule has 0 spiro atoms. The first kappa shape index (κ1) is 10.5. The summed E-state index contributed by atoms with van der Waals surface area (Å²) in [5.41, 5.74) is 13.0. The Labute approximate surface area is 82.8 Å². The van der Waals surface area contributed by atoms with Crippen molar-refractivity contribution in [1.82, 2.24) is 0 Å². The van der Waals surface area contributed by atoms with Crippen LogP contribution in [0.15, 0.2) is 18.2 Å². The van der Waals surface area contributed by atoms with Crippen molar-refractivity contribution in [2.75, 3.05) is 12.8 Å². The second kappa shape index (κ2) is 4.11. The average Bonchev–Trinajstić information content (AvgIpc) is 2.15. The van der Waals surface area contributed by atoms with Crippen LogP contribution < -0.4 is 11.5 Å². The monoisotopic (exact) mass is 194 g/mol. The van der Waals surface area contributed by atoms with Gasteiger partial charge in [0.1, 0.15) is 0 Å². The molecular formula is C10H14N2O2. The third-order valence-corrected chi connectivity index (χ3v) is 2.00. The maximum Gasteiger partial charge on any atom is 0.338 e. The lowest BCUT2D eigenvalue weighted by Gasteiger charge is -2.13. The van der Waals surface area contributed by atoms with E-state index in [1.807, 2.05) is 0 Å². The van der Waals surface area contributed by atoms with Crippen molar-refractivity contribution in [2.45, 2.75) is 13.0 Å². The molecule has 1 aromatic rings. The highest BCUT2D eigenvalue weighted by Gasteiger charge is 2.16. The van der Waals surface area contributed by atoms with Crippen molar-refractivity contribution in [3.05, 3.63) is 29.3 Å². The highest BCUT2D eigenvalue weighted by molar-refractivity contribution is 5.92. The van der Waals surface area contributed by atoms with Gasteiger partial charge in [0.2, 0.25) is 0 Å². The molecule has 0 aliphatic heterocycles. The van der Waals surface area contributed by atoms with Crippen LogP contribution in [-0.4, -0.2) is 13.1 Å². The van der Waals surface area contributed by atoms with E-state index in [0.717, 1.165) is 0 Å². The summed E-state index contributed by atoms with van der Waals surface area (Å²) < 4.78 is 4.63. The van der Waals surface area contributed by atoms with Gasteiger partial charge in [-0.3, -0.25) is 0 Å². The van der Waals surface area contributed by atoms with Gasteiger partial charge >= 0.3 is 5.97 Å². The molecule has 0 aromatic heterocycles. The van der Waals surface area contributed by atoms with E-state index >= 15 is 0 Å². The summed E-state index contributed by atoms with van der Waals surface area (Å²) >= 11 is 0. The second-order valence-corrected chi connectivity index (χ2v) is 3.09. The number of esters is 1. The number of carbonyl (C=O) groups is 1. The molecule has 4 nitrogen and oxygen atoms in total. The summed E-state index contributed by atoms with van der Waals surface area (Å²) in [5, 5.41) is 0. The first-order valence-corrected chi connectivity index (χ1v) is 4.30. The number of benzene rings is 1. The van der Waals surface area contributed by atoms with Gasteiger partial charge in [0.05, 0.1) is 12.7 Å². The summed E-state index contributed by atoms with van der Waals surface area (Å²) in [6, 6.07) is 4.78. The molecule has 0 fully saturated rings. The van der Waals surface area contributed by atoms with E-state index in [-0.39, 0.29) is 6.04 Å². The first-order valence-electron chi connectivity index (χ1n) is 4.30. The smallest absolute Gasteiger partial charge is 0.338 e. The molecule has 0 aliphatic rings. The Balaban J connectivity index is 3.28. The molecule has 1 atom stereocenters. The van der Waals surface area contributed by atoms with E-state index < -0.39 is 5.97 Å². The van der Waals surface area contributed by atoms with E-state index in [1.165, 1.54) is 7.11 Å². The molecular weight excluding hydrogens is 180 g/mol. The molecule has 1 rings (SSSR count). The lowest BCUT2D eigenvalue weighted by Crippen LogP contribution is -2.15. The first-order chi connectivity index (χ1) is 6.57. The Morgan fingerprint density at radius 2 is 2.14 bits per heavy atom. The fourth-order valence-corrected chi connectivity index (χ4v) is 1.38. The molecule has 1 unspecified atom stereocenters. The predicted octanol–water partition coefficient (Wildman–Crippen LogP) is 1.08. The molecule has 0 aliphatic carbocycles. The second-order valence-electron chi connectivity index (χ2n) is 3.09. The normalized spacial score (nSPS) is 12.2. The van der Waals surface area contributed by atoms with Crippen LogP contribution in [0.5, 0.6) is 0 Å². The number of methoxy groups -OCH3 is 1. The molecule has 0 bridgehead atoms. The Morgan fingerprint density at radius 1 is 1.50 bits per heavy atom. The number of hydrogen-bond donors (Lipinski definition) is 2. The number of anilines is 1. The third kappa shape index (κ3) is 1.85.